The van der Waals surface area contributed by atoms with Crippen molar-refractivity contribution in [3.8, 4) is 0 Å². The number of aromatic nitrogens is 3. The molecular weight excluding hydrogens is 310 g/mol. The van der Waals surface area contributed by atoms with E-state index < -0.39 is 0 Å². The topological polar surface area (TPSA) is 78.6 Å². The van der Waals surface area contributed by atoms with Crippen molar-refractivity contribution in [1.82, 2.24) is 15.0 Å². The first-order chi connectivity index (χ1) is 11.8. The van der Waals surface area contributed by atoms with E-state index in [0.29, 0.717) is 52.1 Å². The molecule has 1 N–H and O–H groups in total. The molecular formula is C17H37N3O4. The molecule has 0 aliphatic heterocycles. The molecule has 1 aromatic rings. The number of hydrogen-bond donors (Lipinski definition) is 1. The first-order valence-corrected chi connectivity index (χ1v) is 8.98. The SMILES string of the molecule is CC.CC.CC(C)c1cnnn1CCOCCOCCOCCO. The molecule has 0 unspecified atom stereocenters. The van der Waals surface area contributed by atoms with Gasteiger partial charge >= 0.3 is 0 Å². The second kappa shape index (κ2) is 20.0. The Morgan fingerprint density at radius 3 is 1.92 bits per heavy atom. The first-order valence-electron chi connectivity index (χ1n) is 8.98. The lowest BCUT2D eigenvalue weighted by molar-refractivity contribution is 0.00619. The average molecular weight is 348 g/mol. The van der Waals surface area contributed by atoms with Gasteiger partial charge in [0.05, 0.1) is 64.7 Å². The maximum atomic E-state index is 8.50. The fourth-order valence-electron chi connectivity index (χ4n) is 1.64. The van der Waals surface area contributed by atoms with Gasteiger partial charge in [-0.3, -0.25) is 0 Å². The molecule has 0 amide bonds. The average Bonchev–Trinajstić information content (AvgIpc) is 3.09. The largest absolute Gasteiger partial charge is 0.394 e. The van der Waals surface area contributed by atoms with Crippen molar-refractivity contribution in [2.45, 2.75) is 54.0 Å². The monoisotopic (exact) mass is 347 g/mol. The van der Waals surface area contributed by atoms with Crippen molar-refractivity contribution in [3.63, 3.8) is 0 Å². The Morgan fingerprint density at radius 1 is 0.917 bits per heavy atom. The third-order valence-electron chi connectivity index (χ3n) is 2.67. The Balaban J connectivity index is 0. The van der Waals surface area contributed by atoms with E-state index in [0.717, 1.165) is 5.69 Å². The number of aliphatic hydroxyl groups is 1. The molecule has 0 bridgehead atoms. The minimum atomic E-state index is 0.0454. The molecule has 1 heterocycles. The third-order valence-corrected chi connectivity index (χ3v) is 2.67. The summed E-state index contributed by atoms with van der Waals surface area (Å²) in [4.78, 5) is 0. The van der Waals surface area contributed by atoms with E-state index >= 15 is 0 Å². The van der Waals surface area contributed by atoms with Gasteiger partial charge in [0.1, 0.15) is 0 Å². The fourth-order valence-corrected chi connectivity index (χ4v) is 1.64. The standard InChI is InChI=1S/C13H25N3O4.2C2H6/c1-12(2)13-11-14-15-16(13)3-5-18-7-9-20-10-8-19-6-4-17;2*1-2/h11-12,17H,3-10H2,1-2H3;2*1-2H3. The molecule has 7 nitrogen and oxygen atoms in total. The molecule has 0 fully saturated rings. The molecule has 0 aromatic carbocycles. The van der Waals surface area contributed by atoms with Crippen LogP contribution >= 0.6 is 0 Å². The summed E-state index contributed by atoms with van der Waals surface area (Å²) in [6.07, 6.45) is 1.79. The van der Waals surface area contributed by atoms with E-state index in [-0.39, 0.29) is 6.61 Å². The molecule has 1 aromatic heterocycles. The van der Waals surface area contributed by atoms with Crippen molar-refractivity contribution in [2.24, 2.45) is 0 Å². The molecule has 0 saturated carbocycles. The van der Waals surface area contributed by atoms with Gasteiger partial charge in [-0.2, -0.15) is 0 Å². The fraction of sp³-hybridized carbons (Fsp3) is 0.882. The summed E-state index contributed by atoms with van der Waals surface area (Å²) in [7, 11) is 0. The van der Waals surface area contributed by atoms with Crippen LogP contribution in [0.3, 0.4) is 0 Å². The van der Waals surface area contributed by atoms with Gasteiger partial charge in [-0.1, -0.05) is 46.8 Å². The second-order valence-electron chi connectivity index (χ2n) is 4.60. The Hall–Kier alpha value is -1.02. The Kier molecular flexibility index (Phi) is 21.0. The second-order valence-corrected chi connectivity index (χ2v) is 4.60. The van der Waals surface area contributed by atoms with E-state index in [4.69, 9.17) is 19.3 Å². The van der Waals surface area contributed by atoms with E-state index in [2.05, 4.69) is 24.2 Å². The quantitative estimate of drug-likeness (QED) is 0.585. The molecule has 0 radical (unpaired) electrons. The van der Waals surface area contributed by atoms with Crippen LogP contribution in [0.5, 0.6) is 0 Å². The number of hydrogen-bond acceptors (Lipinski definition) is 6. The highest BCUT2D eigenvalue weighted by Crippen LogP contribution is 2.11. The molecule has 24 heavy (non-hydrogen) atoms. The minimum Gasteiger partial charge on any atom is -0.394 e. The van der Waals surface area contributed by atoms with Crippen LogP contribution in [-0.4, -0.2) is 66.3 Å². The van der Waals surface area contributed by atoms with Crippen LogP contribution in [0.1, 0.15) is 53.2 Å². The van der Waals surface area contributed by atoms with E-state index in [1.165, 1.54) is 0 Å². The summed E-state index contributed by atoms with van der Waals surface area (Å²) in [6, 6.07) is 0. The summed E-state index contributed by atoms with van der Waals surface area (Å²) < 4.78 is 17.7. The van der Waals surface area contributed by atoms with Crippen molar-refractivity contribution < 1.29 is 19.3 Å². The number of rotatable bonds is 12. The zero-order valence-corrected chi connectivity index (χ0v) is 16.3. The highest BCUT2D eigenvalue weighted by atomic mass is 16.5. The molecule has 0 aliphatic carbocycles. The van der Waals surface area contributed by atoms with Gasteiger partial charge in [0.25, 0.3) is 0 Å². The number of nitrogens with zero attached hydrogens (tertiary/aromatic N) is 3. The molecule has 0 spiro atoms. The maximum absolute atomic E-state index is 8.50. The normalized spacial score (nSPS) is 10.0. The minimum absolute atomic E-state index is 0.0454. The van der Waals surface area contributed by atoms with E-state index in [1.54, 1.807) is 6.20 Å². The van der Waals surface area contributed by atoms with Crippen LogP contribution in [-0.2, 0) is 20.8 Å². The molecule has 0 saturated heterocycles. The van der Waals surface area contributed by atoms with Gasteiger partial charge < -0.3 is 19.3 Å². The Morgan fingerprint density at radius 2 is 1.42 bits per heavy atom. The molecule has 7 heteroatoms. The predicted octanol–water partition coefficient (Wildman–Crippen LogP) is 2.50. The molecule has 0 atom stereocenters. The predicted molar refractivity (Wildman–Crippen MR) is 96.3 cm³/mol. The third kappa shape index (κ3) is 13.4. The van der Waals surface area contributed by atoms with Crippen molar-refractivity contribution in [1.29, 1.82) is 0 Å². The summed E-state index contributed by atoms with van der Waals surface area (Å²) in [5.74, 6) is 0.409. The van der Waals surface area contributed by atoms with Crippen LogP contribution in [0, 0.1) is 0 Å². The lowest BCUT2D eigenvalue weighted by Crippen LogP contribution is -2.14. The van der Waals surface area contributed by atoms with Gasteiger partial charge in [-0.25, -0.2) is 4.68 Å². The summed E-state index contributed by atoms with van der Waals surface area (Å²) in [5.41, 5.74) is 1.12. The van der Waals surface area contributed by atoms with Crippen LogP contribution in [0.4, 0.5) is 0 Å². The number of ether oxygens (including phenoxy) is 3. The van der Waals surface area contributed by atoms with Crippen LogP contribution in [0.2, 0.25) is 0 Å². The molecule has 144 valence electrons. The molecule has 1 rings (SSSR count). The summed E-state index contributed by atoms with van der Waals surface area (Å²) in [5, 5.41) is 16.4. The highest BCUT2D eigenvalue weighted by molar-refractivity contribution is 4.99. The van der Waals surface area contributed by atoms with E-state index in [1.807, 2.05) is 32.4 Å². The van der Waals surface area contributed by atoms with Crippen LogP contribution in [0.25, 0.3) is 0 Å². The lowest BCUT2D eigenvalue weighted by Gasteiger charge is -2.09. The van der Waals surface area contributed by atoms with Gasteiger partial charge in [0.15, 0.2) is 0 Å². The van der Waals surface area contributed by atoms with Crippen molar-refractivity contribution in [3.05, 3.63) is 11.9 Å². The number of aliphatic hydroxyl groups excluding tert-OH is 1. The highest BCUT2D eigenvalue weighted by Gasteiger charge is 2.07. The van der Waals surface area contributed by atoms with Crippen LogP contribution in [0.15, 0.2) is 6.20 Å². The van der Waals surface area contributed by atoms with Crippen molar-refractivity contribution >= 4 is 0 Å². The molecule has 0 aliphatic rings. The maximum Gasteiger partial charge on any atom is 0.0727 e. The lowest BCUT2D eigenvalue weighted by atomic mass is 10.1. The van der Waals surface area contributed by atoms with Gasteiger partial charge in [0, 0.05) is 0 Å². The van der Waals surface area contributed by atoms with Gasteiger partial charge in [-0.05, 0) is 5.92 Å². The zero-order chi connectivity index (χ0) is 18.6. The van der Waals surface area contributed by atoms with Gasteiger partial charge in [-0.15, -0.1) is 5.10 Å². The summed E-state index contributed by atoms with van der Waals surface area (Å²) >= 11 is 0. The van der Waals surface area contributed by atoms with Gasteiger partial charge in [0.2, 0.25) is 0 Å². The smallest absolute Gasteiger partial charge is 0.0727 e. The van der Waals surface area contributed by atoms with Crippen LogP contribution < -0.4 is 0 Å². The first kappa shape index (κ1) is 25.2. The summed E-state index contributed by atoms with van der Waals surface area (Å²) in [6.45, 7) is 16.0. The zero-order valence-electron chi connectivity index (χ0n) is 16.3. The van der Waals surface area contributed by atoms with Crippen molar-refractivity contribution in [2.75, 3.05) is 46.2 Å². The van der Waals surface area contributed by atoms with E-state index in [9.17, 15) is 0 Å². The Bertz CT molecular complexity index is 346. The Labute approximate surface area is 147 Å².